The monoisotopic (exact) mass is 274 g/mol. The molecule has 6 heteroatoms. The van der Waals surface area contributed by atoms with Crippen molar-refractivity contribution >= 4 is 31.5 Å². The van der Waals surface area contributed by atoms with Crippen molar-refractivity contribution in [3.05, 3.63) is 22.2 Å². The zero-order valence-corrected chi connectivity index (χ0v) is 9.68. The van der Waals surface area contributed by atoms with Crippen LogP contribution in [0, 0.1) is 11.3 Å². The number of rotatable bonds is 1. The SMILES string of the molecule is CS(=O)(=O)c1cc(Br)c(N)c(C#N)c1. The van der Waals surface area contributed by atoms with Crippen LogP contribution in [0.15, 0.2) is 21.5 Å². The molecule has 1 aromatic rings. The Balaban J connectivity index is 3.56. The zero-order chi connectivity index (χ0) is 10.9. The van der Waals surface area contributed by atoms with Crippen LogP contribution in [-0.4, -0.2) is 14.7 Å². The van der Waals surface area contributed by atoms with Crippen LogP contribution in [0.25, 0.3) is 0 Å². The summed E-state index contributed by atoms with van der Waals surface area (Å²) < 4.78 is 22.8. The molecule has 0 unspecified atom stereocenters. The molecule has 0 aliphatic carbocycles. The van der Waals surface area contributed by atoms with E-state index in [0.717, 1.165) is 6.26 Å². The maximum Gasteiger partial charge on any atom is 0.175 e. The highest BCUT2D eigenvalue weighted by Gasteiger charge is 2.12. The van der Waals surface area contributed by atoms with E-state index in [1.165, 1.54) is 12.1 Å². The molecule has 14 heavy (non-hydrogen) atoms. The van der Waals surface area contributed by atoms with Crippen molar-refractivity contribution in [2.45, 2.75) is 4.90 Å². The molecule has 0 heterocycles. The molecule has 1 aromatic carbocycles. The highest BCUT2D eigenvalue weighted by Crippen LogP contribution is 2.26. The number of halogens is 1. The van der Waals surface area contributed by atoms with Crippen molar-refractivity contribution < 1.29 is 8.42 Å². The van der Waals surface area contributed by atoms with Crippen LogP contribution in [0.5, 0.6) is 0 Å². The van der Waals surface area contributed by atoms with E-state index in [-0.39, 0.29) is 16.1 Å². The molecule has 0 amide bonds. The Labute approximate surface area is 90.4 Å². The second-order valence-corrected chi connectivity index (χ2v) is 5.62. The standard InChI is InChI=1S/C8H7BrN2O2S/c1-14(12,13)6-2-5(4-10)8(11)7(9)3-6/h2-3H,11H2,1H3. The van der Waals surface area contributed by atoms with Gasteiger partial charge in [-0.3, -0.25) is 0 Å². The number of nitrogens with zero attached hydrogens (tertiary/aromatic N) is 1. The lowest BCUT2D eigenvalue weighted by Gasteiger charge is -2.04. The minimum absolute atomic E-state index is 0.0788. The number of hydrogen-bond acceptors (Lipinski definition) is 4. The normalized spacial score (nSPS) is 10.9. The van der Waals surface area contributed by atoms with Gasteiger partial charge in [0.2, 0.25) is 0 Å². The lowest BCUT2D eigenvalue weighted by Crippen LogP contribution is -2.00. The van der Waals surface area contributed by atoms with E-state index < -0.39 is 9.84 Å². The number of nitrogen functional groups attached to an aromatic ring is 1. The van der Waals surface area contributed by atoms with E-state index in [0.29, 0.717) is 4.47 Å². The van der Waals surface area contributed by atoms with Crippen molar-refractivity contribution in [2.75, 3.05) is 12.0 Å². The quantitative estimate of drug-likeness (QED) is 0.783. The highest BCUT2D eigenvalue weighted by atomic mass is 79.9. The van der Waals surface area contributed by atoms with Gasteiger partial charge in [-0.05, 0) is 28.1 Å². The molecule has 0 aliphatic heterocycles. The fourth-order valence-electron chi connectivity index (χ4n) is 0.900. The maximum atomic E-state index is 11.2. The Morgan fingerprint density at radius 1 is 1.50 bits per heavy atom. The van der Waals surface area contributed by atoms with E-state index >= 15 is 0 Å². The Morgan fingerprint density at radius 3 is 2.50 bits per heavy atom. The van der Waals surface area contributed by atoms with Crippen LogP contribution in [0.4, 0.5) is 5.69 Å². The van der Waals surface area contributed by atoms with E-state index in [4.69, 9.17) is 11.0 Å². The van der Waals surface area contributed by atoms with Crippen LogP contribution in [0.3, 0.4) is 0 Å². The Hall–Kier alpha value is -1.06. The number of benzene rings is 1. The summed E-state index contributed by atoms with van der Waals surface area (Å²) in [6, 6.07) is 4.47. The molecule has 2 N–H and O–H groups in total. The summed E-state index contributed by atoms with van der Waals surface area (Å²) in [6.07, 6.45) is 1.08. The van der Waals surface area contributed by atoms with Crippen molar-refractivity contribution in [3.8, 4) is 6.07 Å². The molecular weight excluding hydrogens is 268 g/mol. The molecule has 4 nitrogen and oxygen atoms in total. The molecule has 0 saturated carbocycles. The molecule has 1 rings (SSSR count). The first kappa shape index (κ1) is 11.0. The Bertz CT molecular complexity index is 517. The van der Waals surface area contributed by atoms with Crippen molar-refractivity contribution in [2.24, 2.45) is 0 Å². The predicted octanol–water partition coefficient (Wildman–Crippen LogP) is 1.31. The molecule has 0 fully saturated rings. The van der Waals surface area contributed by atoms with Crippen LogP contribution < -0.4 is 5.73 Å². The summed E-state index contributed by atoms with van der Waals surface area (Å²) >= 11 is 3.09. The topological polar surface area (TPSA) is 83.9 Å². The molecule has 0 saturated heterocycles. The van der Waals surface area contributed by atoms with Gasteiger partial charge in [0.15, 0.2) is 9.84 Å². The van der Waals surface area contributed by atoms with Gasteiger partial charge in [-0.1, -0.05) is 0 Å². The predicted molar refractivity (Wildman–Crippen MR) is 56.4 cm³/mol. The second kappa shape index (κ2) is 3.59. The number of nitriles is 1. The maximum absolute atomic E-state index is 11.2. The Morgan fingerprint density at radius 2 is 2.07 bits per heavy atom. The van der Waals surface area contributed by atoms with Gasteiger partial charge < -0.3 is 5.73 Å². The van der Waals surface area contributed by atoms with Crippen LogP contribution in [0.1, 0.15) is 5.56 Å². The minimum atomic E-state index is -3.31. The number of anilines is 1. The van der Waals surface area contributed by atoms with Crippen LogP contribution >= 0.6 is 15.9 Å². The van der Waals surface area contributed by atoms with E-state index in [1.54, 1.807) is 0 Å². The molecule has 0 radical (unpaired) electrons. The summed E-state index contributed by atoms with van der Waals surface area (Å²) in [5, 5.41) is 8.69. The smallest absolute Gasteiger partial charge is 0.175 e. The van der Waals surface area contributed by atoms with Crippen molar-refractivity contribution in [3.63, 3.8) is 0 Å². The third-order valence-corrected chi connectivity index (χ3v) is 3.40. The van der Waals surface area contributed by atoms with Gasteiger partial charge in [0.25, 0.3) is 0 Å². The van der Waals surface area contributed by atoms with E-state index in [1.807, 2.05) is 6.07 Å². The largest absolute Gasteiger partial charge is 0.397 e. The van der Waals surface area contributed by atoms with Gasteiger partial charge in [-0.25, -0.2) is 8.42 Å². The second-order valence-electron chi connectivity index (χ2n) is 2.75. The summed E-state index contributed by atoms with van der Waals surface area (Å²) in [7, 11) is -3.31. The molecule has 0 aliphatic rings. The minimum Gasteiger partial charge on any atom is -0.397 e. The lowest BCUT2D eigenvalue weighted by molar-refractivity contribution is 0.602. The lowest BCUT2D eigenvalue weighted by atomic mass is 10.2. The third kappa shape index (κ3) is 2.05. The van der Waals surface area contributed by atoms with Gasteiger partial charge in [-0.15, -0.1) is 0 Å². The van der Waals surface area contributed by atoms with Crippen molar-refractivity contribution in [1.82, 2.24) is 0 Å². The highest BCUT2D eigenvalue weighted by molar-refractivity contribution is 9.10. The van der Waals surface area contributed by atoms with Gasteiger partial charge >= 0.3 is 0 Å². The van der Waals surface area contributed by atoms with Gasteiger partial charge in [0.1, 0.15) is 6.07 Å². The molecule has 0 spiro atoms. The van der Waals surface area contributed by atoms with E-state index in [2.05, 4.69) is 15.9 Å². The van der Waals surface area contributed by atoms with E-state index in [9.17, 15) is 8.42 Å². The first-order valence-electron chi connectivity index (χ1n) is 3.55. The van der Waals surface area contributed by atoms with Crippen LogP contribution in [-0.2, 0) is 9.84 Å². The van der Waals surface area contributed by atoms with Crippen LogP contribution in [0.2, 0.25) is 0 Å². The average molecular weight is 275 g/mol. The molecule has 74 valence electrons. The first-order chi connectivity index (χ1) is 6.36. The average Bonchev–Trinajstić information content (AvgIpc) is 2.07. The van der Waals surface area contributed by atoms with Crippen molar-refractivity contribution in [1.29, 1.82) is 5.26 Å². The number of nitrogens with two attached hydrogens (primary N) is 1. The summed E-state index contributed by atoms with van der Waals surface area (Å²) in [6.45, 7) is 0. The fourth-order valence-corrected chi connectivity index (χ4v) is 2.18. The zero-order valence-electron chi connectivity index (χ0n) is 7.28. The summed E-state index contributed by atoms with van der Waals surface area (Å²) in [5.74, 6) is 0. The molecule has 0 bridgehead atoms. The number of hydrogen-bond donors (Lipinski definition) is 1. The number of sulfone groups is 1. The fraction of sp³-hybridized carbons (Fsp3) is 0.125. The Kier molecular flexibility index (Phi) is 2.83. The third-order valence-electron chi connectivity index (χ3n) is 1.65. The first-order valence-corrected chi connectivity index (χ1v) is 6.24. The van der Waals surface area contributed by atoms with Gasteiger partial charge in [-0.2, -0.15) is 5.26 Å². The summed E-state index contributed by atoms with van der Waals surface area (Å²) in [4.78, 5) is 0.0788. The van der Waals surface area contributed by atoms with Gasteiger partial charge in [0, 0.05) is 10.7 Å². The molecule has 0 atom stereocenters. The molecular formula is C8H7BrN2O2S. The van der Waals surface area contributed by atoms with Gasteiger partial charge in [0.05, 0.1) is 16.1 Å². The molecule has 0 aromatic heterocycles. The summed E-state index contributed by atoms with van der Waals surface area (Å²) in [5.41, 5.74) is 5.94.